The molecule has 3 rings (SSSR count). The molecule has 15 nitrogen and oxygen atoms in total. The van der Waals surface area contributed by atoms with Crippen molar-refractivity contribution in [2.75, 3.05) is 0 Å². The Morgan fingerprint density at radius 1 is 0.927 bits per heavy atom. The zero-order valence-electron chi connectivity index (χ0n) is 22.5. The van der Waals surface area contributed by atoms with Crippen molar-refractivity contribution < 1.29 is 52.7 Å². The van der Waals surface area contributed by atoms with Gasteiger partial charge in [-0.1, -0.05) is 19.9 Å². The van der Waals surface area contributed by atoms with Gasteiger partial charge in [0.05, 0.1) is 16.0 Å². The van der Waals surface area contributed by atoms with Gasteiger partial charge in [-0.05, 0) is 30.2 Å². The van der Waals surface area contributed by atoms with Gasteiger partial charge in [-0.2, -0.15) is 0 Å². The zero-order chi connectivity index (χ0) is 30.3. The van der Waals surface area contributed by atoms with E-state index in [2.05, 4.69) is 0 Å². The third kappa shape index (κ3) is 8.11. The topological polar surface area (TPSA) is 193 Å². The SMILES string of the molecule is CC[C@H]1O[C@H](Oc2ccc(COC(=O)Oc3ccc([N+](=O)[O-])cc3)cc2[N+](=O)[O-])[C@@H](OC(C)=O)[C@@H](OC(C)=O)[C@@H]1C. The molecular formula is C26H28N2O13. The Bertz CT molecular complexity index is 1300. The number of rotatable bonds is 10. The standard InChI is InChI=1S/C26H28N2O13/c1-5-21-14(2)23(37-15(3)29)24(38-16(4)30)25(40-21)41-22-11-6-17(12-20(22)28(34)35)13-36-26(31)39-19-9-7-18(8-10-19)27(32)33/h6-12,14,21,23-25H,5,13H2,1-4H3/t14-,21-,23+,24+,25-/m1/s1. The van der Waals surface area contributed by atoms with Gasteiger partial charge in [0.1, 0.15) is 18.5 Å². The predicted octanol–water partition coefficient (Wildman–Crippen LogP) is 4.23. The first-order valence-corrected chi connectivity index (χ1v) is 12.4. The van der Waals surface area contributed by atoms with Crippen molar-refractivity contribution in [2.24, 2.45) is 5.92 Å². The van der Waals surface area contributed by atoms with Gasteiger partial charge in [0, 0.05) is 38.0 Å². The highest BCUT2D eigenvalue weighted by Crippen LogP contribution is 2.36. The molecule has 0 aromatic heterocycles. The fourth-order valence-electron chi connectivity index (χ4n) is 4.21. The Morgan fingerprint density at radius 2 is 1.56 bits per heavy atom. The van der Waals surface area contributed by atoms with Gasteiger partial charge in [0.25, 0.3) is 5.69 Å². The van der Waals surface area contributed by atoms with E-state index < -0.39 is 64.8 Å². The number of benzene rings is 2. The van der Waals surface area contributed by atoms with Gasteiger partial charge >= 0.3 is 23.8 Å². The zero-order valence-corrected chi connectivity index (χ0v) is 22.5. The summed E-state index contributed by atoms with van der Waals surface area (Å²) in [6.45, 7) is 5.55. The number of esters is 2. The molecule has 0 bridgehead atoms. The maximum absolute atomic E-state index is 12.0. The lowest BCUT2D eigenvalue weighted by Gasteiger charge is -2.43. The van der Waals surface area contributed by atoms with E-state index in [1.807, 2.05) is 6.92 Å². The van der Waals surface area contributed by atoms with Crippen molar-refractivity contribution in [3.63, 3.8) is 0 Å². The second-order valence-corrected chi connectivity index (χ2v) is 9.03. The third-order valence-corrected chi connectivity index (χ3v) is 6.08. The van der Waals surface area contributed by atoms with E-state index in [4.69, 9.17) is 28.4 Å². The molecule has 5 atom stereocenters. The minimum absolute atomic E-state index is 0.00287. The molecule has 0 radical (unpaired) electrons. The number of nitro benzene ring substituents is 2. The second-order valence-electron chi connectivity index (χ2n) is 9.03. The van der Waals surface area contributed by atoms with Crippen molar-refractivity contribution in [1.82, 2.24) is 0 Å². The number of hydrogen-bond acceptors (Lipinski definition) is 13. The normalized spacial score (nSPS) is 21.7. The highest BCUT2D eigenvalue weighted by Gasteiger charge is 2.49. The number of carbonyl (C=O) groups excluding carboxylic acids is 3. The molecular weight excluding hydrogens is 548 g/mol. The molecule has 1 aliphatic heterocycles. The van der Waals surface area contributed by atoms with Crippen molar-refractivity contribution in [3.8, 4) is 11.5 Å². The summed E-state index contributed by atoms with van der Waals surface area (Å²) in [6, 6.07) is 8.48. The fourth-order valence-corrected chi connectivity index (χ4v) is 4.21. The van der Waals surface area contributed by atoms with E-state index in [0.29, 0.717) is 6.42 Å². The Labute approximate surface area is 233 Å². The van der Waals surface area contributed by atoms with Crippen LogP contribution in [0.15, 0.2) is 42.5 Å². The molecule has 2 aromatic rings. The van der Waals surface area contributed by atoms with Crippen LogP contribution in [-0.2, 0) is 35.1 Å². The van der Waals surface area contributed by atoms with Gasteiger partial charge < -0.3 is 28.4 Å². The lowest BCUT2D eigenvalue weighted by atomic mass is 9.89. The van der Waals surface area contributed by atoms with Crippen LogP contribution in [0.5, 0.6) is 11.5 Å². The molecule has 41 heavy (non-hydrogen) atoms. The molecule has 0 spiro atoms. The van der Waals surface area contributed by atoms with Crippen LogP contribution in [0.3, 0.4) is 0 Å². The van der Waals surface area contributed by atoms with E-state index in [1.54, 1.807) is 6.92 Å². The van der Waals surface area contributed by atoms with Crippen LogP contribution in [0, 0.1) is 26.1 Å². The molecule has 0 amide bonds. The number of nitro groups is 2. The van der Waals surface area contributed by atoms with Crippen LogP contribution in [0.1, 0.15) is 39.7 Å². The average molecular weight is 577 g/mol. The van der Waals surface area contributed by atoms with Crippen LogP contribution < -0.4 is 9.47 Å². The van der Waals surface area contributed by atoms with Crippen molar-refractivity contribution in [1.29, 1.82) is 0 Å². The number of carbonyl (C=O) groups is 3. The van der Waals surface area contributed by atoms with Crippen LogP contribution in [0.25, 0.3) is 0 Å². The van der Waals surface area contributed by atoms with E-state index >= 15 is 0 Å². The largest absolute Gasteiger partial charge is 0.514 e. The Kier molecular flexibility index (Phi) is 10.1. The van der Waals surface area contributed by atoms with E-state index in [0.717, 1.165) is 25.1 Å². The number of hydrogen-bond donors (Lipinski definition) is 0. The Balaban J connectivity index is 1.76. The van der Waals surface area contributed by atoms with Crippen LogP contribution >= 0.6 is 0 Å². The molecule has 1 heterocycles. The second kappa shape index (κ2) is 13.5. The summed E-state index contributed by atoms with van der Waals surface area (Å²) >= 11 is 0. The summed E-state index contributed by atoms with van der Waals surface area (Å²) in [5.41, 5.74) is -0.487. The maximum Gasteiger partial charge on any atom is 0.514 e. The van der Waals surface area contributed by atoms with E-state index in [-0.39, 0.29) is 28.7 Å². The molecule has 1 fully saturated rings. The van der Waals surface area contributed by atoms with Crippen molar-refractivity contribution in [2.45, 2.75) is 65.3 Å². The lowest BCUT2D eigenvalue weighted by molar-refractivity contribution is -0.387. The maximum atomic E-state index is 12.0. The monoisotopic (exact) mass is 576 g/mol. The quantitative estimate of drug-likeness (QED) is 0.128. The smallest absolute Gasteiger partial charge is 0.458 e. The fraction of sp³-hybridized carbons (Fsp3) is 0.423. The van der Waals surface area contributed by atoms with Gasteiger partial charge in [-0.25, -0.2) is 4.79 Å². The highest BCUT2D eigenvalue weighted by molar-refractivity contribution is 5.67. The summed E-state index contributed by atoms with van der Waals surface area (Å²) in [5.74, 6) is -1.93. The number of ether oxygens (including phenoxy) is 6. The number of non-ortho nitro benzene ring substituents is 1. The highest BCUT2D eigenvalue weighted by atomic mass is 16.7. The molecule has 1 saturated heterocycles. The first-order valence-electron chi connectivity index (χ1n) is 12.4. The molecule has 15 heteroatoms. The lowest BCUT2D eigenvalue weighted by Crippen LogP contribution is -2.58. The van der Waals surface area contributed by atoms with E-state index in [9.17, 15) is 34.6 Å². The third-order valence-electron chi connectivity index (χ3n) is 6.08. The predicted molar refractivity (Wildman–Crippen MR) is 137 cm³/mol. The molecule has 0 saturated carbocycles. The molecule has 2 aromatic carbocycles. The molecule has 0 aliphatic carbocycles. The number of nitrogens with zero attached hydrogens (tertiary/aromatic N) is 2. The Morgan fingerprint density at radius 3 is 2.12 bits per heavy atom. The summed E-state index contributed by atoms with van der Waals surface area (Å²) in [4.78, 5) is 56.9. The minimum atomic E-state index is -1.35. The van der Waals surface area contributed by atoms with Crippen LogP contribution in [0.2, 0.25) is 0 Å². The first-order chi connectivity index (χ1) is 19.4. The van der Waals surface area contributed by atoms with Crippen LogP contribution in [0.4, 0.5) is 16.2 Å². The van der Waals surface area contributed by atoms with Gasteiger partial charge in [-0.3, -0.25) is 29.8 Å². The van der Waals surface area contributed by atoms with Crippen molar-refractivity contribution in [3.05, 3.63) is 68.3 Å². The Hall–Kier alpha value is -4.79. The molecule has 0 N–H and O–H groups in total. The summed E-state index contributed by atoms with van der Waals surface area (Å²) in [5, 5.41) is 22.6. The van der Waals surface area contributed by atoms with Gasteiger partial charge in [0.2, 0.25) is 12.4 Å². The van der Waals surface area contributed by atoms with E-state index in [1.165, 1.54) is 31.2 Å². The van der Waals surface area contributed by atoms with Gasteiger partial charge in [-0.15, -0.1) is 0 Å². The summed E-state index contributed by atoms with van der Waals surface area (Å²) in [6.07, 6.45) is -4.64. The van der Waals surface area contributed by atoms with Crippen molar-refractivity contribution >= 4 is 29.5 Å². The minimum Gasteiger partial charge on any atom is -0.458 e. The van der Waals surface area contributed by atoms with Gasteiger partial charge in [0.15, 0.2) is 5.75 Å². The summed E-state index contributed by atoms with van der Waals surface area (Å²) in [7, 11) is 0. The molecule has 220 valence electrons. The van der Waals surface area contributed by atoms with Crippen LogP contribution in [-0.4, -0.2) is 52.5 Å². The summed E-state index contributed by atoms with van der Waals surface area (Å²) < 4.78 is 32.5. The molecule has 0 unspecified atom stereocenters. The average Bonchev–Trinajstić information content (AvgIpc) is 2.91. The molecule has 1 aliphatic rings. The first kappa shape index (κ1) is 30.7.